The van der Waals surface area contributed by atoms with Crippen molar-refractivity contribution in [2.45, 2.75) is 0 Å². The van der Waals surface area contributed by atoms with Crippen molar-refractivity contribution in [3.05, 3.63) is 30.1 Å². The summed E-state index contributed by atoms with van der Waals surface area (Å²) in [5, 5.41) is 10.2. The Morgan fingerprint density at radius 2 is 1.82 bits per heavy atom. The molecule has 1 aromatic heterocycles. The number of carboxylic acid groups (broad SMARTS) is 1. The standard InChI is InChI=1S/C12H11NO4/c1-16-8-3-4-9(17-2)10-7(8)5-6-13-11(10)12(14)15/h3-6H,1-2H3,(H,14,15). The Balaban J connectivity index is 2.90. The molecule has 88 valence electrons. The van der Waals surface area contributed by atoms with E-state index in [-0.39, 0.29) is 5.69 Å². The van der Waals surface area contributed by atoms with Crippen LogP contribution in [-0.2, 0) is 0 Å². The Morgan fingerprint density at radius 3 is 2.41 bits per heavy atom. The highest BCUT2D eigenvalue weighted by Gasteiger charge is 2.16. The van der Waals surface area contributed by atoms with E-state index >= 15 is 0 Å². The molecule has 0 unspecified atom stereocenters. The van der Waals surface area contributed by atoms with E-state index in [0.29, 0.717) is 22.3 Å². The Hall–Kier alpha value is -2.30. The Labute approximate surface area is 97.6 Å². The quantitative estimate of drug-likeness (QED) is 0.877. The van der Waals surface area contributed by atoms with E-state index in [0.717, 1.165) is 0 Å². The molecule has 2 aromatic rings. The maximum Gasteiger partial charge on any atom is 0.355 e. The molecule has 0 aliphatic heterocycles. The second kappa shape index (κ2) is 4.29. The first-order valence-corrected chi connectivity index (χ1v) is 4.92. The van der Waals surface area contributed by atoms with Gasteiger partial charge < -0.3 is 14.6 Å². The van der Waals surface area contributed by atoms with Gasteiger partial charge in [0.1, 0.15) is 11.5 Å². The Morgan fingerprint density at radius 1 is 1.18 bits per heavy atom. The third kappa shape index (κ3) is 1.75. The molecule has 0 saturated carbocycles. The van der Waals surface area contributed by atoms with Crippen LogP contribution in [0.25, 0.3) is 10.8 Å². The molecule has 2 rings (SSSR count). The molecule has 1 heterocycles. The van der Waals surface area contributed by atoms with E-state index < -0.39 is 5.97 Å². The number of hydrogen-bond acceptors (Lipinski definition) is 4. The van der Waals surface area contributed by atoms with Crippen molar-refractivity contribution in [3.63, 3.8) is 0 Å². The molecule has 1 N–H and O–H groups in total. The summed E-state index contributed by atoms with van der Waals surface area (Å²) in [6.07, 6.45) is 1.44. The highest BCUT2D eigenvalue weighted by molar-refractivity contribution is 6.06. The van der Waals surface area contributed by atoms with Gasteiger partial charge in [0.25, 0.3) is 0 Å². The van der Waals surface area contributed by atoms with Gasteiger partial charge in [-0.05, 0) is 18.2 Å². The lowest BCUT2D eigenvalue weighted by atomic mass is 10.1. The number of pyridine rings is 1. The van der Waals surface area contributed by atoms with E-state index in [9.17, 15) is 4.79 Å². The average molecular weight is 233 g/mol. The van der Waals surface area contributed by atoms with Crippen molar-refractivity contribution in [2.75, 3.05) is 14.2 Å². The van der Waals surface area contributed by atoms with E-state index in [1.807, 2.05) is 0 Å². The number of rotatable bonds is 3. The number of fused-ring (bicyclic) bond motifs is 1. The summed E-state index contributed by atoms with van der Waals surface area (Å²) in [5.74, 6) is -0.0425. The SMILES string of the molecule is COc1ccc(OC)c2c(C(=O)O)nccc12. The molecule has 17 heavy (non-hydrogen) atoms. The number of hydrogen-bond donors (Lipinski definition) is 1. The van der Waals surface area contributed by atoms with Gasteiger partial charge in [-0.1, -0.05) is 0 Å². The molecule has 0 radical (unpaired) electrons. The lowest BCUT2D eigenvalue weighted by molar-refractivity contribution is 0.0692. The molecule has 1 aromatic carbocycles. The zero-order valence-corrected chi connectivity index (χ0v) is 9.43. The highest BCUT2D eigenvalue weighted by atomic mass is 16.5. The second-order valence-electron chi connectivity index (χ2n) is 3.36. The summed E-state index contributed by atoms with van der Waals surface area (Å²) in [6.45, 7) is 0. The van der Waals surface area contributed by atoms with E-state index in [4.69, 9.17) is 14.6 Å². The number of carbonyl (C=O) groups is 1. The monoisotopic (exact) mass is 233 g/mol. The van der Waals surface area contributed by atoms with Crippen molar-refractivity contribution >= 4 is 16.7 Å². The van der Waals surface area contributed by atoms with Gasteiger partial charge in [0.05, 0.1) is 19.6 Å². The topological polar surface area (TPSA) is 68.7 Å². The van der Waals surface area contributed by atoms with Gasteiger partial charge in [-0.3, -0.25) is 0 Å². The predicted molar refractivity (Wildman–Crippen MR) is 61.8 cm³/mol. The summed E-state index contributed by atoms with van der Waals surface area (Å²) >= 11 is 0. The molecule has 0 spiro atoms. The number of carboxylic acids is 1. The first kappa shape index (κ1) is 11.2. The van der Waals surface area contributed by atoms with Gasteiger partial charge in [-0.2, -0.15) is 0 Å². The smallest absolute Gasteiger partial charge is 0.355 e. The number of ether oxygens (including phenoxy) is 2. The van der Waals surface area contributed by atoms with Crippen LogP contribution in [0.15, 0.2) is 24.4 Å². The Kier molecular flexibility index (Phi) is 2.82. The number of aromatic nitrogens is 1. The maximum absolute atomic E-state index is 11.1. The minimum absolute atomic E-state index is 0.0433. The van der Waals surface area contributed by atoms with Crippen molar-refractivity contribution < 1.29 is 19.4 Å². The zero-order chi connectivity index (χ0) is 12.4. The fraction of sp³-hybridized carbons (Fsp3) is 0.167. The largest absolute Gasteiger partial charge is 0.496 e. The molecule has 0 amide bonds. The summed E-state index contributed by atoms with van der Waals surface area (Å²) in [7, 11) is 3.02. The molecule has 0 atom stereocenters. The first-order chi connectivity index (χ1) is 8.19. The van der Waals surface area contributed by atoms with E-state index in [1.54, 1.807) is 18.2 Å². The van der Waals surface area contributed by atoms with Crippen LogP contribution < -0.4 is 9.47 Å². The van der Waals surface area contributed by atoms with Gasteiger partial charge in [-0.15, -0.1) is 0 Å². The molecule has 0 saturated heterocycles. The molecule has 0 aliphatic rings. The lowest BCUT2D eigenvalue weighted by Crippen LogP contribution is -2.02. The molecule has 5 heteroatoms. The fourth-order valence-corrected chi connectivity index (χ4v) is 1.75. The minimum Gasteiger partial charge on any atom is -0.496 e. The average Bonchev–Trinajstić information content (AvgIpc) is 2.36. The minimum atomic E-state index is -1.10. The first-order valence-electron chi connectivity index (χ1n) is 4.92. The number of aromatic carboxylic acids is 1. The van der Waals surface area contributed by atoms with Crippen LogP contribution in [0.1, 0.15) is 10.5 Å². The fourth-order valence-electron chi connectivity index (χ4n) is 1.75. The van der Waals surface area contributed by atoms with E-state index in [2.05, 4.69) is 4.98 Å². The van der Waals surface area contributed by atoms with Crippen molar-refractivity contribution in [1.82, 2.24) is 4.98 Å². The summed E-state index contributed by atoms with van der Waals surface area (Å²) in [5.41, 5.74) is -0.0433. The molecule has 0 fully saturated rings. The number of methoxy groups -OCH3 is 2. The summed E-state index contributed by atoms with van der Waals surface area (Å²) < 4.78 is 10.3. The molecule has 0 aliphatic carbocycles. The van der Waals surface area contributed by atoms with Crippen molar-refractivity contribution in [1.29, 1.82) is 0 Å². The number of nitrogens with zero attached hydrogens (tertiary/aromatic N) is 1. The summed E-state index contributed by atoms with van der Waals surface area (Å²) in [6, 6.07) is 5.09. The maximum atomic E-state index is 11.1. The van der Waals surface area contributed by atoms with Gasteiger partial charge in [0.2, 0.25) is 0 Å². The van der Waals surface area contributed by atoms with Crippen LogP contribution in [-0.4, -0.2) is 30.3 Å². The molecule has 5 nitrogen and oxygen atoms in total. The molecule has 0 bridgehead atoms. The van der Waals surface area contributed by atoms with Crippen LogP contribution >= 0.6 is 0 Å². The van der Waals surface area contributed by atoms with Crippen molar-refractivity contribution in [3.8, 4) is 11.5 Å². The van der Waals surface area contributed by atoms with Crippen molar-refractivity contribution in [2.24, 2.45) is 0 Å². The van der Waals surface area contributed by atoms with Crippen LogP contribution in [0.2, 0.25) is 0 Å². The molecular formula is C12H11NO4. The third-order valence-corrected chi connectivity index (χ3v) is 2.49. The van der Waals surface area contributed by atoms with Crippen LogP contribution in [0.4, 0.5) is 0 Å². The third-order valence-electron chi connectivity index (χ3n) is 2.49. The molecular weight excluding hydrogens is 222 g/mol. The lowest BCUT2D eigenvalue weighted by Gasteiger charge is -2.10. The van der Waals surface area contributed by atoms with Crippen LogP contribution in [0.3, 0.4) is 0 Å². The van der Waals surface area contributed by atoms with Crippen LogP contribution in [0, 0.1) is 0 Å². The summed E-state index contributed by atoms with van der Waals surface area (Å²) in [4.78, 5) is 15.0. The highest BCUT2D eigenvalue weighted by Crippen LogP contribution is 2.34. The van der Waals surface area contributed by atoms with E-state index in [1.165, 1.54) is 20.4 Å². The second-order valence-corrected chi connectivity index (χ2v) is 3.36. The zero-order valence-electron chi connectivity index (χ0n) is 9.43. The van der Waals surface area contributed by atoms with Crippen LogP contribution in [0.5, 0.6) is 11.5 Å². The van der Waals surface area contributed by atoms with Gasteiger partial charge >= 0.3 is 5.97 Å². The van der Waals surface area contributed by atoms with Gasteiger partial charge in [0.15, 0.2) is 5.69 Å². The number of benzene rings is 1. The van der Waals surface area contributed by atoms with Gasteiger partial charge in [0, 0.05) is 11.6 Å². The Bertz CT molecular complexity index is 580. The predicted octanol–water partition coefficient (Wildman–Crippen LogP) is 1.95. The normalized spacial score (nSPS) is 10.2. The van der Waals surface area contributed by atoms with Gasteiger partial charge in [-0.25, -0.2) is 9.78 Å².